The zero-order valence-corrected chi connectivity index (χ0v) is 15.1. The normalized spacial score (nSPS) is 22.9. The lowest BCUT2D eigenvalue weighted by Gasteiger charge is -2.17. The molecule has 1 aromatic heterocycles. The van der Waals surface area contributed by atoms with E-state index in [1.165, 1.54) is 24.6 Å². The molecule has 132 valence electrons. The van der Waals surface area contributed by atoms with E-state index in [0.717, 1.165) is 0 Å². The van der Waals surface area contributed by atoms with Crippen molar-refractivity contribution < 1.29 is 29.0 Å². The number of rotatable bonds is 5. The molecule has 3 atom stereocenters. The van der Waals surface area contributed by atoms with Crippen molar-refractivity contribution in [1.29, 1.82) is 0 Å². The number of anilines is 1. The number of carbonyl (C=O) groups excluding carboxylic acids is 2. The number of hydrogen-bond acceptors (Lipinski definition) is 9. The summed E-state index contributed by atoms with van der Waals surface area (Å²) in [5.74, 6) is -0.963. The van der Waals surface area contributed by atoms with E-state index in [1.807, 2.05) is 28.1 Å². The first kappa shape index (κ1) is 18.6. The van der Waals surface area contributed by atoms with Gasteiger partial charge in [0.1, 0.15) is 25.0 Å². The highest BCUT2D eigenvalue weighted by atomic mass is 127. The SMILES string of the molecule is CC(=O)OC[C@H]1O[C@@H](n2cc(I)c(NO)nc2=O)C[C@@H]1OC(C)=O. The number of nitrogens with zero attached hydrogens (tertiary/aromatic N) is 2. The van der Waals surface area contributed by atoms with Crippen LogP contribution in [0.25, 0.3) is 0 Å². The van der Waals surface area contributed by atoms with Gasteiger partial charge in [0.25, 0.3) is 0 Å². The van der Waals surface area contributed by atoms with Gasteiger partial charge in [0.05, 0.1) is 3.57 Å². The quantitative estimate of drug-likeness (QED) is 0.371. The highest BCUT2D eigenvalue weighted by Gasteiger charge is 2.39. The van der Waals surface area contributed by atoms with Gasteiger partial charge in [-0.15, -0.1) is 0 Å². The van der Waals surface area contributed by atoms with Gasteiger partial charge in [0.2, 0.25) is 0 Å². The molecule has 0 amide bonds. The van der Waals surface area contributed by atoms with Gasteiger partial charge in [0.15, 0.2) is 5.82 Å². The maximum atomic E-state index is 12.1. The fourth-order valence-electron chi connectivity index (χ4n) is 2.29. The monoisotopic (exact) mass is 453 g/mol. The topological polar surface area (TPSA) is 129 Å². The van der Waals surface area contributed by atoms with Crippen LogP contribution in [0, 0.1) is 3.57 Å². The lowest BCUT2D eigenvalue weighted by Crippen LogP contribution is -2.31. The zero-order chi connectivity index (χ0) is 17.9. The molecule has 1 aliphatic heterocycles. The van der Waals surface area contributed by atoms with Gasteiger partial charge in [-0.1, -0.05) is 0 Å². The van der Waals surface area contributed by atoms with Crippen LogP contribution in [0.3, 0.4) is 0 Å². The van der Waals surface area contributed by atoms with Crippen LogP contribution in [0.4, 0.5) is 5.82 Å². The second-order valence-electron chi connectivity index (χ2n) is 5.05. The Balaban J connectivity index is 2.22. The molecule has 1 fully saturated rings. The second kappa shape index (κ2) is 7.90. The summed E-state index contributed by atoms with van der Waals surface area (Å²) < 4.78 is 17.5. The summed E-state index contributed by atoms with van der Waals surface area (Å²) in [6.07, 6.45) is -0.432. The van der Waals surface area contributed by atoms with E-state index in [1.54, 1.807) is 0 Å². The third kappa shape index (κ3) is 4.42. The van der Waals surface area contributed by atoms with E-state index in [2.05, 4.69) is 4.98 Å². The van der Waals surface area contributed by atoms with Crippen molar-refractivity contribution in [1.82, 2.24) is 9.55 Å². The zero-order valence-electron chi connectivity index (χ0n) is 12.9. The number of halogens is 1. The van der Waals surface area contributed by atoms with Crippen molar-refractivity contribution >= 4 is 40.3 Å². The molecular weight excluding hydrogens is 437 g/mol. The van der Waals surface area contributed by atoms with Crippen molar-refractivity contribution in [3.8, 4) is 0 Å². The molecule has 0 saturated carbocycles. The summed E-state index contributed by atoms with van der Waals surface area (Å²) in [4.78, 5) is 37.9. The number of carbonyl (C=O) groups is 2. The summed E-state index contributed by atoms with van der Waals surface area (Å²) in [7, 11) is 0. The Hall–Kier alpha value is -1.73. The number of aromatic nitrogens is 2. The predicted octanol–water partition coefficient (Wildman–Crippen LogP) is 0.431. The van der Waals surface area contributed by atoms with E-state index >= 15 is 0 Å². The first-order valence-electron chi connectivity index (χ1n) is 6.96. The predicted molar refractivity (Wildman–Crippen MR) is 87.3 cm³/mol. The van der Waals surface area contributed by atoms with Gasteiger partial charge in [-0.05, 0) is 22.6 Å². The Kier molecular flexibility index (Phi) is 6.12. The molecule has 2 N–H and O–H groups in total. The molecule has 24 heavy (non-hydrogen) atoms. The van der Waals surface area contributed by atoms with Gasteiger partial charge in [-0.25, -0.2) is 4.79 Å². The number of ether oxygens (including phenoxy) is 3. The Morgan fingerprint density at radius 2 is 2.21 bits per heavy atom. The number of nitrogens with one attached hydrogen (secondary N) is 1. The van der Waals surface area contributed by atoms with Crippen LogP contribution < -0.4 is 11.2 Å². The molecule has 0 spiro atoms. The van der Waals surface area contributed by atoms with E-state index in [4.69, 9.17) is 19.4 Å². The Morgan fingerprint density at radius 1 is 1.50 bits per heavy atom. The molecule has 2 heterocycles. The van der Waals surface area contributed by atoms with Crippen molar-refractivity contribution in [2.24, 2.45) is 0 Å². The van der Waals surface area contributed by atoms with Gasteiger partial charge in [0, 0.05) is 26.5 Å². The highest BCUT2D eigenvalue weighted by molar-refractivity contribution is 14.1. The largest absolute Gasteiger partial charge is 0.463 e. The van der Waals surface area contributed by atoms with E-state index in [-0.39, 0.29) is 18.8 Å². The molecular formula is C13H16IN3O7. The first-order chi connectivity index (χ1) is 11.3. The van der Waals surface area contributed by atoms with Crippen molar-refractivity contribution in [3.05, 3.63) is 20.3 Å². The maximum Gasteiger partial charge on any atom is 0.351 e. The van der Waals surface area contributed by atoms with Crippen LogP contribution in [-0.4, -0.2) is 45.5 Å². The standard InChI is InChI=1S/C13H16IN3O7/c1-6(18)22-5-10-9(23-7(2)19)3-11(24-10)17-4-8(14)12(16-21)15-13(17)20/h4,9-11,21H,3,5H2,1-2H3,(H,15,16,20)/t9-,10+,11+/m0/s1. The Labute approximate surface area is 150 Å². The van der Waals surface area contributed by atoms with E-state index in [0.29, 0.717) is 3.57 Å². The van der Waals surface area contributed by atoms with Crippen molar-refractivity contribution in [2.45, 2.75) is 38.7 Å². The fraction of sp³-hybridized carbons (Fsp3) is 0.538. The van der Waals surface area contributed by atoms with E-state index in [9.17, 15) is 14.4 Å². The minimum Gasteiger partial charge on any atom is -0.463 e. The van der Waals surface area contributed by atoms with Gasteiger partial charge in [-0.3, -0.25) is 24.8 Å². The summed E-state index contributed by atoms with van der Waals surface area (Å²) in [6.45, 7) is 2.42. The number of hydrogen-bond donors (Lipinski definition) is 2. The summed E-state index contributed by atoms with van der Waals surface area (Å²) in [5, 5.41) is 8.90. The van der Waals surface area contributed by atoms with Crippen LogP contribution in [0.1, 0.15) is 26.5 Å². The van der Waals surface area contributed by atoms with Gasteiger partial charge >= 0.3 is 17.6 Å². The maximum absolute atomic E-state index is 12.1. The van der Waals surface area contributed by atoms with Crippen molar-refractivity contribution in [3.63, 3.8) is 0 Å². The van der Waals surface area contributed by atoms with Crippen LogP contribution >= 0.6 is 22.6 Å². The molecule has 11 heteroatoms. The molecule has 0 bridgehead atoms. The molecule has 0 unspecified atom stereocenters. The molecule has 0 aromatic carbocycles. The fourth-order valence-corrected chi connectivity index (χ4v) is 2.83. The summed E-state index contributed by atoms with van der Waals surface area (Å²) >= 11 is 1.89. The smallest absolute Gasteiger partial charge is 0.351 e. The average Bonchev–Trinajstić information content (AvgIpc) is 2.88. The average molecular weight is 453 g/mol. The van der Waals surface area contributed by atoms with Crippen molar-refractivity contribution in [2.75, 3.05) is 12.1 Å². The molecule has 2 rings (SSSR count). The molecule has 0 aliphatic carbocycles. The Bertz CT molecular complexity index is 693. The molecule has 1 aliphatic rings. The molecule has 0 radical (unpaired) electrons. The van der Waals surface area contributed by atoms with Crippen LogP contribution in [0.2, 0.25) is 0 Å². The summed E-state index contributed by atoms with van der Waals surface area (Å²) in [5.41, 5.74) is 1.18. The minimum atomic E-state index is -0.740. The van der Waals surface area contributed by atoms with Crippen LogP contribution in [0.15, 0.2) is 11.0 Å². The van der Waals surface area contributed by atoms with Gasteiger partial charge < -0.3 is 14.2 Å². The third-order valence-corrected chi connectivity index (χ3v) is 4.06. The van der Waals surface area contributed by atoms with Gasteiger partial charge in [-0.2, -0.15) is 4.98 Å². The molecule has 1 saturated heterocycles. The number of esters is 2. The van der Waals surface area contributed by atoms with E-state index < -0.39 is 36.1 Å². The lowest BCUT2D eigenvalue weighted by molar-refractivity contribution is -0.155. The minimum absolute atomic E-state index is 0.0304. The van der Waals surface area contributed by atoms with Crippen LogP contribution in [0.5, 0.6) is 0 Å². The second-order valence-corrected chi connectivity index (χ2v) is 6.22. The molecule has 10 nitrogen and oxygen atoms in total. The van der Waals surface area contributed by atoms with Crippen LogP contribution in [-0.2, 0) is 23.8 Å². The third-order valence-electron chi connectivity index (χ3n) is 3.27. The molecule has 1 aromatic rings. The lowest BCUT2D eigenvalue weighted by atomic mass is 10.2. The summed E-state index contributed by atoms with van der Waals surface area (Å²) in [6, 6.07) is 0. The first-order valence-corrected chi connectivity index (χ1v) is 8.04. The highest BCUT2D eigenvalue weighted by Crippen LogP contribution is 2.31. The Morgan fingerprint density at radius 3 is 2.79 bits per heavy atom.